The number of hydrogen-bond acceptors (Lipinski definition) is 4. The van der Waals surface area contributed by atoms with Gasteiger partial charge in [0.25, 0.3) is 5.56 Å². The van der Waals surface area contributed by atoms with Crippen LogP contribution in [0, 0.1) is 12.7 Å². The number of hydrogen-bond donors (Lipinski definition) is 1. The molecule has 10 heteroatoms. The zero-order chi connectivity index (χ0) is 24.4. The number of carbonyl (C=O) groups excluding carboxylic acids is 1. The molecule has 1 N–H and O–H groups in total. The van der Waals surface area contributed by atoms with E-state index in [-0.39, 0.29) is 25.2 Å². The van der Waals surface area contributed by atoms with E-state index in [1.165, 1.54) is 33.5 Å². The van der Waals surface area contributed by atoms with Gasteiger partial charge in [0.15, 0.2) is 5.52 Å². The van der Waals surface area contributed by atoms with Gasteiger partial charge in [-0.25, -0.2) is 9.18 Å². The summed E-state index contributed by atoms with van der Waals surface area (Å²) in [5, 5.41) is 7.77. The lowest BCUT2D eigenvalue weighted by molar-refractivity contribution is -0.121. The molecule has 0 saturated carbocycles. The highest BCUT2D eigenvalue weighted by atomic mass is 35.5. The fourth-order valence-corrected chi connectivity index (χ4v) is 3.98. The van der Waals surface area contributed by atoms with Gasteiger partial charge in [0.05, 0.1) is 12.2 Å². The highest BCUT2D eigenvalue weighted by molar-refractivity contribution is 6.30. The Labute approximate surface area is 199 Å². The van der Waals surface area contributed by atoms with Gasteiger partial charge in [0, 0.05) is 18.1 Å². The van der Waals surface area contributed by atoms with Gasteiger partial charge in [-0.05, 0) is 49.2 Å². The number of aromatic nitrogens is 4. The zero-order valence-electron chi connectivity index (χ0n) is 18.7. The molecule has 0 fully saturated rings. The molecule has 1 amide bonds. The number of fused-ring (bicyclic) bond motifs is 1. The van der Waals surface area contributed by atoms with Gasteiger partial charge in [0.1, 0.15) is 17.9 Å². The van der Waals surface area contributed by atoms with Crippen molar-refractivity contribution in [1.29, 1.82) is 0 Å². The van der Waals surface area contributed by atoms with Gasteiger partial charge < -0.3 is 5.32 Å². The van der Waals surface area contributed by atoms with Crippen LogP contribution in [0.25, 0.3) is 11.0 Å². The molecule has 0 spiro atoms. The van der Waals surface area contributed by atoms with E-state index in [1.54, 1.807) is 31.2 Å². The lowest BCUT2D eigenvalue weighted by Crippen LogP contribution is -2.43. The number of halogens is 2. The van der Waals surface area contributed by atoms with Crippen LogP contribution >= 0.6 is 11.6 Å². The van der Waals surface area contributed by atoms with Crippen LogP contribution in [0.2, 0.25) is 5.02 Å². The molecule has 4 rings (SSSR count). The molecule has 0 saturated heterocycles. The molecule has 8 nitrogen and oxygen atoms in total. The van der Waals surface area contributed by atoms with E-state index >= 15 is 0 Å². The van der Waals surface area contributed by atoms with E-state index in [0.29, 0.717) is 28.3 Å². The first kappa shape index (κ1) is 23.4. The maximum atomic E-state index is 13.4. The molecule has 2 aromatic heterocycles. The quantitative estimate of drug-likeness (QED) is 0.437. The third-order valence-corrected chi connectivity index (χ3v) is 5.79. The minimum Gasteiger partial charge on any atom is -0.350 e. The van der Waals surface area contributed by atoms with Crippen LogP contribution in [0.1, 0.15) is 23.7 Å². The summed E-state index contributed by atoms with van der Waals surface area (Å²) in [5.41, 5.74) is 1.34. The summed E-state index contributed by atoms with van der Waals surface area (Å²) in [7, 11) is 0. The van der Waals surface area contributed by atoms with E-state index in [9.17, 15) is 18.8 Å². The van der Waals surface area contributed by atoms with Gasteiger partial charge in [-0.2, -0.15) is 5.10 Å². The summed E-state index contributed by atoms with van der Waals surface area (Å²) in [4.78, 5) is 39.5. The van der Waals surface area contributed by atoms with Crippen LogP contribution in [0.4, 0.5) is 4.39 Å². The van der Waals surface area contributed by atoms with Crippen LogP contribution in [-0.2, 0) is 31.0 Å². The molecular weight excluding hydrogens is 461 g/mol. The van der Waals surface area contributed by atoms with Crippen molar-refractivity contribution >= 4 is 28.5 Å². The molecule has 0 aliphatic rings. The van der Waals surface area contributed by atoms with E-state index in [0.717, 1.165) is 10.1 Å². The fraction of sp³-hybridized carbons (Fsp3) is 0.250. The van der Waals surface area contributed by atoms with Crippen LogP contribution in [0.5, 0.6) is 0 Å². The van der Waals surface area contributed by atoms with Crippen molar-refractivity contribution in [2.24, 2.45) is 0 Å². The van der Waals surface area contributed by atoms with Crippen LogP contribution in [0.15, 0.2) is 58.1 Å². The lowest BCUT2D eigenvalue weighted by atomic mass is 10.2. The number of carbonyl (C=O) groups is 1. The minimum absolute atomic E-state index is 0.0613. The standard InChI is InChI=1S/C24H23ClFN5O3/c1-3-31-22-21(15(2)28-31)29(14-20(32)27-12-16-4-8-18(25)9-5-16)24(34)30(23(22)33)13-17-6-10-19(26)11-7-17/h4-11H,3,12-14H2,1-2H3,(H,27,32). The summed E-state index contributed by atoms with van der Waals surface area (Å²) in [6.45, 7) is 3.86. The predicted molar refractivity (Wildman–Crippen MR) is 127 cm³/mol. The molecule has 4 aromatic rings. The normalized spacial score (nSPS) is 11.2. The first-order chi connectivity index (χ1) is 16.3. The fourth-order valence-electron chi connectivity index (χ4n) is 3.85. The molecule has 2 aromatic carbocycles. The third kappa shape index (κ3) is 4.65. The monoisotopic (exact) mass is 483 g/mol. The third-order valence-electron chi connectivity index (χ3n) is 5.53. The van der Waals surface area contributed by atoms with Crippen molar-refractivity contribution in [1.82, 2.24) is 24.2 Å². The summed E-state index contributed by atoms with van der Waals surface area (Å²) in [6, 6.07) is 12.6. The zero-order valence-corrected chi connectivity index (χ0v) is 19.5. The SMILES string of the molecule is CCn1nc(C)c2c1c(=O)n(Cc1ccc(F)cc1)c(=O)n2CC(=O)NCc1ccc(Cl)cc1. The lowest BCUT2D eigenvalue weighted by Gasteiger charge is -2.13. The number of amides is 1. The summed E-state index contributed by atoms with van der Waals surface area (Å²) in [6.07, 6.45) is 0. The van der Waals surface area contributed by atoms with Gasteiger partial charge in [0.2, 0.25) is 5.91 Å². The van der Waals surface area contributed by atoms with E-state index in [1.807, 2.05) is 6.92 Å². The van der Waals surface area contributed by atoms with Crippen molar-refractivity contribution in [2.75, 3.05) is 0 Å². The van der Waals surface area contributed by atoms with Gasteiger partial charge in [-0.3, -0.25) is 23.4 Å². The average molecular weight is 484 g/mol. The summed E-state index contributed by atoms with van der Waals surface area (Å²) >= 11 is 5.90. The second kappa shape index (κ2) is 9.64. The molecule has 34 heavy (non-hydrogen) atoms. The molecular formula is C24H23ClFN5O3. The first-order valence-corrected chi connectivity index (χ1v) is 11.1. The van der Waals surface area contributed by atoms with Gasteiger partial charge >= 0.3 is 5.69 Å². The molecule has 0 atom stereocenters. The summed E-state index contributed by atoms with van der Waals surface area (Å²) in [5.74, 6) is -0.810. The Kier molecular flexibility index (Phi) is 6.65. The smallest absolute Gasteiger partial charge is 0.332 e. The highest BCUT2D eigenvalue weighted by Crippen LogP contribution is 2.14. The number of nitrogens with one attached hydrogen (secondary N) is 1. The van der Waals surface area contributed by atoms with Gasteiger partial charge in [-0.1, -0.05) is 35.9 Å². The van der Waals surface area contributed by atoms with Crippen LogP contribution < -0.4 is 16.6 Å². The van der Waals surface area contributed by atoms with Crippen molar-refractivity contribution < 1.29 is 9.18 Å². The molecule has 0 unspecified atom stereocenters. The van der Waals surface area contributed by atoms with Crippen LogP contribution in [0.3, 0.4) is 0 Å². The Morgan fingerprint density at radius 1 is 1.00 bits per heavy atom. The number of rotatable bonds is 7. The Hall–Kier alpha value is -3.72. The van der Waals surface area contributed by atoms with Crippen molar-refractivity contribution in [3.8, 4) is 0 Å². The van der Waals surface area contributed by atoms with Crippen molar-refractivity contribution in [3.63, 3.8) is 0 Å². The number of nitrogens with zero attached hydrogens (tertiary/aromatic N) is 4. The molecule has 0 bridgehead atoms. The first-order valence-electron chi connectivity index (χ1n) is 10.7. The minimum atomic E-state index is -0.637. The second-order valence-corrected chi connectivity index (χ2v) is 8.32. The number of benzene rings is 2. The predicted octanol–water partition coefficient (Wildman–Crippen LogP) is 2.85. The maximum absolute atomic E-state index is 13.4. The topological polar surface area (TPSA) is 90.9 Å². The van der Waals surface area contributed by atoms with Gasteiger partial charge in [-0.15, -0.1) is 0 Å². The van der Waals surface area contributed by atoms with Crippen LogP contribution in [-0.4, -0.2) is 24.8 Å². The Balaban J connectivity index is 1.73. The number of aryl methyl sites for hydroxylation is 2. The molecule has 0 aliphatic carbocycles. The van der Waals surface area contributed by atoms with E-state index < -0.39 is 23.0 Å². The van der Waals surface area contributed by atoms with E-state index in [4.69, 9.17) is 11.6 Å². The second-order valence-electron chi connectivity index (χ2n) is 7.89. The Morgan fingerprint density at radius 3 is 2.29 bits per heavy atom. The molecule has 0 radical (unpaired) electrons. The highest BCUT2D eigenvalue weighted by Gasteiger charge is 2.21. The Bertz CT molecular complexity index is 1470. The Morgan fingerprint density at radius 2 is 1.65 bits per heavy atom. The van der Waals surface area contributed by atoms with E-state index in [2.05, 4.69) is 10.4 Å². The molecule has 2 heterocycles. The molecule has 176 valence electrons. The largest absolute Gasteiger partial charge is 0.350 e. The van der Waals surface area contributed by atoms with Crippen molar-refractivity contribution in [3.05, 3.63) is 97.0 Å². The summed E-state index contributed by atoms with van der Waals surface area (Å²) < 4.78 is 17.2. The average Bonchev–Trinajstić information content (AvgIpc) is 3.16. The molecule has 0 aliphatic heterocycles. The van der Waals surface area contributed by atoms with Crippen molar-refractivity contribution in [2.45, 2.75) is 40.0 Å². The maximum Gasteiger partial charge on any atom is 0.332 e.